The largest absolute Gasteiger partial charge is 0.246 e. The van der Waals surface area contributed by atoms with Crippen molar-refractivity contribution in [2.75, 3.05) is 13.1 Å². The molecule has 118 valence electrons. The van der Waals surface area contributed by atoms with E-state index in [2.05, 4.69) is 45.8 Å². The Morgan fingerprint density at radius 1 is 1.09 bits per heavy atom. The topological polar surface area (TPSA) is 34.0 Å². The zero-order chi connectivity index (χ0) is 15.6. The van der Waals surface area contributed by atoms with Gasteiger partial charge in [-0.3, -0.25) is 0 Å². The molecule has 0 N–H and O–H groups in total. The number of aromatic nitrogens is 3. The number of fused-ring (bicyclic) bond motifs is 1. The molecule has 0 radical (unpaired) electrons. The van der Waals surface area contributed by atoms with Crippen LogP contribution in [-0.2, 0) is 0 Å². The molecule has 1 saturated heterocycles. The van der Waals surface area contributed by atoms with Gasteiger partial charge >= 0.3 is 0 Å². The fourth-order valence-corrected chi connectivity index (χ4v) is 4.19. The highest BCUT2D eigenvalue weighted by molar-refractivity contribution is 7.97. The van der Waals surface area contributed by atoms with Crippen LogP contribution in [0.2, 0.25) is 0 Å². The standard InChI is InChI=1S/C18H20N4S/c1-14-5-4-12-21(13-14)23-16-10-8-15(9-11-16)22-18-7-3-2-6-17(18)19-20-22/h2-3,6-11,14H,4-5,12-13H2,1H3. The van der Waals surface area contributed by atoms with Gasteiger partial charge in [-0.2, -0.15) is 0 Å². The van der Waals surface area contributed by atoms with E-state index < -0.39 is 0 Å². The van der Waals surface area contributed by atoms with Crippen LogP contribution in [-0.4, -0.2) is 32.4 Å². The zero-order valence-corrected chi connectivity index (χ0v) is 14.0. The summed E-state index contributed by atoms with van der Waals surface area (Å²) in [5.41, 5.74) is 3.01. The number of nitrogens with zero attached hydrogens (tertiary/aromatic N) is 4. The summed E-state index contributed by atoms with van der Waals surface area (Å²) in [4.78, 5) is 1.28. The van der Waals surface area contributed by atoms with Crippen LogP contribution in [0.5, 0.6) is 0 Å². The molecule has 1 aliphatic rings. The van der Waals surface area contributed by atoms with E-state index >= 15 is 0 Å². The Morgan fingerprint density at radius 2 is 1.91 bits per heavy atom. The summed E-state index contributed by atoms with van der Waals surface area (Å²) in [6, 6.07) is 16.6. The van der Waals surface area contributed by atoms with E-state index in [4.69, 9.17) is 0 Å². The van der Waals surface area contributed by atoms with Crippen LogP contribution >= 0.6 is 11.9 Å². The van der Waals surface area contributed by atoms with Crippen molar-refractivity contribution in [3.8, 4) is 5.69 Å². The summed E-state index contributed by atoms with van der Waals surface area (Å²) in [6.07, 6.45) is 2.66. The van der Waals surface area contributed by atoms with Gasteiger partial charge in [-0.15, -0.1) is 5.10 Å². The van der Waals surface area contributed by atoms with Gasteiger partial charge in [0.25, 0.3) is 0 Å². The van der Waals surface area contributed by atoms with Crippen molar-refractivity contribution in [3.63, 3.8) is 0 Å². The lowest BCUT2D eigenvalue weighted by molar-refractivity contribution is 0.302. The highest BCUT2D eigenvalue weighted by Crippen LogP contribution is 2.29. The van der Waals surface area contributed by atoms with E-state index in [1.807, 2.05) is 40.9 Å². The summed E-state index contributed by atoms with van der Waals surface area (Å²) >= 11 is 1.87. The van der Waals surface area contributed by atoms with Gasteiger partial charge in [0.1, 0.15) is 5.52 Å². The second-order valence-corrected chi connectivity index (χ2v) is 7.38. The summed E-state index contributed by atoms with van der Waals surface area (Å²) < 4.78 is 4.38. The molecule has 0 bridgehead atoms. The van der Waals surface area contributed by atoms with E-state index in [0.29, 0.717) is 0 Å². The van der Waals surface area contributed by atoms with E-state index in [1.54, 1.807) is 0 Å². The van der Waals surface area contributed by atoms with E-state index in [9.17, 15) is 0 Å². The minimum Gasteiger partial charge on any atom is -0.246 e. The molecule has 1 unspecified atom stereocenters. The first kappa shape index (κ1) is 14.7. The average molecular weight is 324 g/mol. The molecule has 0 spiro atoms. The minimum atomic E-state index is 0.803. The van der Waals surface area contributed by atoms with Crippen LogP contribution in [0.1, 0.15) is 19.8 Å². The highest BCUT2D eigenvalue weighted by atomic mass is 32.2. The van der Waals surface area contributed by atoms with E-state index in [-0.39, 0.29) is 0 Å². The fourth-order valence-electron chi connectivity index (χ4n) is 3.09. The van der Waals surface area contributed by atoms with E-state index in [1.165, 1.54) is 30.8 Å². The Kier molecular flexibility index (Phi) is 4.06. The molecule has 0 amide bonds. The Hall–Kier alpha value is -1.85. The Labute approximate surface area is 140 Å². The third kappa shape index (κ3) is 3.12. The molecule has 0 saturated carbocycles. The smallest absolute Gasteiger partial charge is 0.113 e. The second-order valence-electron chi connectivity index (χ2n) is 6.21. The number of hydrogen-bond acceptors (Lipinski definition) is 4. The van der Waals surface area contributed by atoms with Crippen LogP contribution in [0.4, 0.5) is 0 Å². The van der Waals surface area contributed by atoms with Gasteiger partial charge in [0, 0.05) is 18.0 Å². The van der Waals surface area contributed by atoms with Crippen molar-refractivity contribution in [2.24, 2.45) is 5.92 Å². The SMILES string of the molecule is CC1CCCN(Sc2ccc(-n3nnc4ccccc43)cc2)C1. The summed E-state index contributed by atoms with van der Waals surface area (Å²) in [5, 5.41) is 8.49. The maximum Gasteiger partial charge on any atom is 0.113 e. The summed E-state index contributed by atoms with van der Waals surface area (Å²) in [5.74, 6) is 0.803. The van der Waals surface area contributed by atoms with Crippen LogP contribution in [0, 0.1) is 5.92 Å². The third-order valence-electron chi connectivity index (χ3n) is 4.29. The van der Waals surface area contributed by atoms with Gasteiger partial charge in [-0.25, -0.2) is 8.99 Å². The quantitative estimate of drug-likeness (QED) is 0.678. The lowest BCUT2D eigenvalue weighted by Gasteiger charge is -2.29. The van der Waals surface area contributed by atoms with Crippen LogP contribution in [0.15, 0.2) is 53.4 Å². The van der Waals surface area contributed by atoms with Crippen molar-refractivity contribution in [1.29, 1.82) is 0 Å². The lowest BCUT2D eigenvalue weighted by atomic mass is 10.0. The first-order chi connectivity index (χ1) is 11.3. The van der Waals surface area contributed by atoms with Gasteiger partial charge in [-0.1, -0.05) is 24.3 Å². The van der Waals surface area contributed by atoms with Crippen molar-refractivity contribution in [2.45, 2.75) is 24.7 Å². The Morgan fingerprint density at radius 3 is 2.74 bits per heavy atom. The molecule has 1 aliphatic heterocycles. The van der Waals surface area contributed by atoms with Crippen molar-refractivity contribution >= 4 is 23.0 Å². The zero-order valence-electron chi connectivity index (χ0n) is 13.2. The summed E-state index contributed by atoms with van der Waals surface area (Å²) in [6.45, 7) is 4.70. The molecule has 3 aromatic rings. The van der Waals surface area contributed by atoms with Gasteiger partial charge < -0.3 is 0 Å². The average Bonchev–Trinajstić information content (AvgIpc) is 3.00. The number of benzene rings is 2. The van der Waals surface area contributed by atoms with Gasteiger partial charge in [0.05, 0.1) is 11.2 Å². The fraction of sp³-hybridized carbons (Fsp3) is 0.333. The van der Waals surface area contributed by atoms with Crippen molar-refractivity contribution < 1.29 is 0 Å². The molecule has 4 nitrogen and oxygen atoms in total. The number of rotatable bonds is 3. The molecule has 2 heterocycles. The number of para-hydroxylation sites is 1. The molecule has 1 aromatic heterocycles. The van der Waals surface area contributed by atoms with Gasteiger partial charge in [0.15, 0.2) is 0 Å². The molecule has 1 atom stereocenters. The van der Waals surface area contributed by atoms with Gasteiger partial charge in [0.2, 0.25) is 0 Å². The lowest BCUT2D eigenvalue weighted by Crippen LogP contribution is -2.28. The second kappa shape index (κ2) is 6.34. The molecular weight excluding hydrogens is 304 g/mol. The van der Waals surface area contributed by atoms with Crippen LogP contribution < -0.4 is 0 Å². The normalized spacial score (nSPS) is 19.3. The molecular formula is C18H20N4S. The predicted octanol–water partition coefficient (Wildman–Crippen LogP) is 4.16. The van der Waals surface area contributed by atoms with Crippen LogP contribution in [0.25, 0.3) is 16.7 Å². The van der Waals surface area contributed by atoms with Crippen molar-refractivity contribution in [1.82, 2.24) is 19.3 Å². The first-order valence-corrected chi connectivity index (χ1v) is 8.91. The maximum atomic E-state index is 4.27. The highest BCUT2D eigenvalue weighted by Gasteiger charge is 2.17. The van der Waals surface area contributed by atoms with Gasteiger partial charge in [-0.05, 0) is 67.1 Å². The Balaban J connectivity index is 1.54. The number of piperidine rings is 1. The van der Waals surface area contributed by atoms with Crippen molar-refractivity contribution in [3.05, 3.63) is 48.5 Å². The molecule has 23 heavy (non-hydrogen) atoms. The molecule has 1 fully saturated rings. The molecule has 2 aromatic carbocycles. The first-order valence-electron chi connectivity index (χ1n) is 8.13. The molecule has 0 aliphatic carbocycles. The minimum absolute atomic E-state index is 0.803. The Bertz CT molecular complexity index is 796. The maximum absolute atomic E-state index is 4.27. The van der Waals surface area contributed by atoms with E-state index in [0.717, 1.165) is 22.6 Å². The number of hydrogen-bond donors (Lipinski definition) is 0. The monoisotopic (exact) mass is 324 g/mol. The molecule has 5 heteroatoms. The predicted molar refractivity (Wildman–Crippen MR) is 94.7 cm³/mol. The van der Waals surface area contributed by atoms with Crippen LogP contribution in [0.3, 0.4) is 0 Å². The third-order valence-corrected chi connectivity index (χ3v) is 5.36. The molecule has 4 rings (SSSR count). The summed E-state index contributed by atoms with van der Waals surface area (Å²) in [7, 11) is 0.